The number of hydrogen-bond acceptors (Lipinski definition) is 4. The Labute approximate surface area is 78.2 Å². The lowest BCUT2D eigenvalue weighted by Gasteiger charge is -2.42. The molecule has 0 aromatic rings. The maximum atomic E-state index is 10.2. The highest BCUT2D eigenvalue weighted by Crippen LogP contribution is 2.43. The Morgan fingerprint density at radius 1 is 1.54 bits per heavy atom. The highest BCUT2D eigenvalue weighted by atomic mass is 16.6. The molecule has 2 aliphatic rings. The minimum atomic E-state index is -1.01. The topological polar surface area (TPSA) is 58.9 Å². The summed E-state index contributed by atoms with van der Waals surface area (Å²) in [7, 11) is 5.59. The van der Waals surface area contributed by atoms with Crippen molar-refractivity contribution in [3.05, 3.63) is 0 Å². The van der Waals surface area contributed by atoms with Gasteiger partial charge in [-0.2, -0.15) is 0 Å². The number of aliphatic hydroxyl groups is 2. The van der Waals surface area contributed by atoms with Crippen LogP contribution in [0.2, 0.25) is 0 Å². The van der Waals surface area contributed by atoms with Gasteiger partial charge in [0.25, 0.3) is 0 Å². The predicted octanol–water partition coefficient (Wildman–Crippen LogP) is -1.22. The van der Waals surface area contributed by atoms with Crippen LogP contribution in [0.25, 0.3) is 0 Å². The SMILES string of the molecule is [B][C@H]1CC2(O)CCOCC2(CO)O1. The molecule has 0 aromatic heterocycles. The second-order valence-corrected chi connectivity index (χ2v) is 3.85. The van der Waals surface area contributed by atoms with Gasteiger partial charge in [-0.15, -0.1) is 0 Å². The lowest BCUT2D eigenvalue weighted by atomic mass is 9.77. The molecule has 2 fully saturated rings. The van der Waals surface area contributed by atoms with Gasteiger partial charge >= 0.3 is 0 Å². The maximum Gasteiger partial charge on any atom is 0.142 e. The third-order valence-corrected chi connectivity index (χ3v) is 3.01. The van der Waals surface area contributed by atoms with Crippen molar-refractivity contribution in [2.24, 2.45) is 0 Å². The van der Waals surface area contributed by atoms with Crippen molar-refractivity contribution in [2.45, 2.75) is 30.0 Å². The lowest BCUT2D eigenvalue weighted by Crippen LogP contribution is -2.60. The van der Waals surface area contributed by atoms with E-state index in [1.54, 1.807) is 0 Å². The molecule has 2 N–H and O–H groups in total. The molecular formula is C8H13BO4. The monoisotopic (exact) mass is 184 g/mol. The van der Waals surface area contributed by atoms with Gasteiger partial charge in [-0.05, 0) is 6.42 Å². The second-order valence-electron chi connectivity index (χ2n) is 3.85. The Bertz CT molecular complexity index is 212. The van der Waals surface area contributed by atoms with E-state index in [9.17, 15) is 10.2 Å². The predicted molar refractivity (Wildman–Crippen MR) is 45.4 cm³/mol. The zero-order valence-corrected chi connectivity index (χ0v) is 7.40. The Balaban J connectivity index is 2.27. The van der Waals surface area contributed by atoms with Gasteiger partial charge in [0.1, 0.15) is 19.0 Å². The summed E-state index contributed by atoms with van der Waals surface area (Å²) in [6.45, 7) is 0.458. The zero-order valence-electron chi connectivity index (χ0n) is 7.40. The smallest absolute Gasteiger partial charge is 0.142 e. The van der Waals surface area contributed by atoms with Gasteiger partial charge < -0.3 is 19.7 Å². The molecule has 0 aromatic carbocycles. The Morgan fingerprint density at radius 2 is 2.31 bits per heavy atom. The summed E-state index contributed by atoms with van der Waals surface area (Å²) >= 11 is 0. The molecule has 0 spiro atoms. The highest BCUT2D eigenvalue weighted by Gasteiger charge is 2.59. The van der Waals surface area contributed by atoms with Gasteiger partial charge in [0.15, 0.2) is 0 Å². The molecular weight excluding hydrogens is 171 g/mol. The third kappa shape index (κ3) is 1.22. The van der Waals surface area contributed by atoms with Gasteiger partial charge in [0.05, 0.1) is 13.2 Å². The van der Waals surface area contributed by atoms with E-state index < -0.39 is 17.2 Å². The lowest BCUT2D eigenvalue weighted by molar-refractivity contribution is -0.211. The van der Waals surface area contributed by atoms with Crippen LogP contribution < -0.4 is 0 Å². The summed E-state index contributed by atoms with van der Waals surface area (Å²) in [4.78, 5) is 0. The van der Waals surface area contributed by atoms with E-state index in [1.807, 2.05) is 0 Å². The van der Waals surface area contributed by atoms with E-state index in [2.05, 4.69) is 0 Å². The van der Waals surface area contributed by atoms with Crippen LogP contribution in [-0.2, 0) is 9.47 Å². The molecule has 0 saturated carbocycles. The fourth-order valence-corrected chi connectivity index (χ4v) is 2.17. The minimum Gasteiger partial charge on any atom is -0.393 e. The van der Waals surface area contributed by atoms with Crippen LogP contribution in [0.15, 0.2) is 0 Å². The molecule has 0 aliphatic carbocycles. The van der Waals surface area contributed by atoms with Crippen LogP contribution in [0.4, 0.5) is 0 Å². The number of rotatable bonds is 1. The fraction of sp³-hybridized carbons (Fsp3) is 1.00. The summed E-state index contributed by atoms with van der Waals surface area (Å²) in [5, 5.41) is 19.4. The molecule has 2 aliphatic heterocycles. The molecule has 2 heterocycles. The van der Waals surface area contributed by atoms with E-state index in [-0.39, 0.29) is 13.2 Å². The first-order chi connectivity index (χ1) is 6.12. The van der Waals surface area contributed by atoms with Crippen molar-refractivity contribution in [1.29, 1.82) is 0 Å². The van der Waals surface area contributed by atoms with Gasteiger partial charge in [-0.3, -0.25) is 0 Å². The first-order valence-corrected chi connectivity index (χ1v) is 4.46. The highest BCUT2D eigenvalue weighted by molar-refractivity contribution is 6.11. The number of aliphatic hydroxyl groups excluding tert-OH is 1. The van der Waals surface area contributed by atoms with Crippen LogP contribution >= 0.6 is 0 Å². The van der Waals surface area contributed by atoms with E-state index in [1.165, 1.54) is 0 Å². The van der Waals surface area contributed by atoms with E-state index in [0.717, 1.165) is 0 Å². The molecule has 0 amide bonds. The first-order valence-electron chi connectivity index (χ1n) is 4.46. The Hall–Kier alpha value is -0.0951. The minimum absolute atomic E-state index is 0.216. The third-order valence-electron chi connectivity index (χ3n) is 3.01. The number of hydrogen-bond donors (Lipinski definition) is 2. The summed E-state index contributed by atoms with van der Waals surface area (Å²) in [5.74, 6) is 0. The van der Waals surface area contributed by atoms with Crippen molar-refractivity contribution in [3.8, 4) is 0 Å². The molecule has 0 bridgehead atoms. The van der Waals surface area contributed by atoms with Gasteiger partial charge in [-0.1, -0.05) is 0 Å². The molecule has 2 saturated heterocycles. The maximum absolute atomic E-state index is 10.2. The van der Waals surface area contributed by atoms with E-state index >= 15 is 0 Å². The van der Waals surface area contributed by atoms with Gasteiger partial charge in [0, 0.05) is 19.0 Å². The van der Waals surface area contributed by atoms with Crippen molar-refractivity contribution in [1.82, 2.24) is 0 Å². The standard InChI is InChI=1S/C8H13BO4/c9-6-3-7(11)1-2-12-5-8(7,4-10)13-6/h6,10-11H,1-5H2/t6-,7?,8?/m1/s1. The van der Waals surface area contributed by atoms with Crippen LogP contribution in [0, 0.1) is 0 Å². The first kappa shape index (κ1) is 9.46. The average molecular weight is 184 g/mol. The molecule has 13 heavy (non-hydrogen) atoms. The second kappa shape index (κ2) is 2.95. The Morgan fingerprint density at radius 3 is 2.92 bits per heavy atom. The summed E-state index contributed by atoms with van der Waals surface area (Å²) in [5.41, 5.74) is -2.01. The quantitative estimate of drug-likeness (QED) is 0.501. The largest absolute Gasteiger partial charge is 0.393 e. The molecule has 72 valence electrons. The molecule has 4 nitrogen and oxygen atoms in total. The zero-order chi connectivity index (χ0) is 9.53. The van der Waals surface area contributed by atoms with Gasteiger partial charge in [0.2, 0.25) is 0 Å². The summed E-state index contributed by atoms with van der Waals surface area (Å²) in [6.07, 6.45) is 0.845. The van der Waals surface area contributed by atoms with Crippen molar-refractivity contribution >= 4 is 7.85 Å². The molecule has 3 atom stereocenters. The molecule has 2 rings (SSSR count). The van der Waals surface area contributed by atoms with Gasteiger partial charge in [-0.25, -0.2) is 0 Å². The normalized spacial score (nSPS) is 50.5. The summed E-state index contributed by atoms with van der Waals surface area (Å²) in [6, 6.07) is -0.501. The molecule has 2 radical (unpaired) electrons. The number of fused-ring (bicyclic) bond motifs is 1. The summed E-state index contributed by atoms with van der Waals surface area (Å²) < 4.78 is 10.5. The molecule has 5 heteroatoms. The average Bonchev–Trinajstić information content (AvgIpc) is 2.35. The van der Waals surface area contributed by atoms with Crippen LogP contribution in [0.1, 0.15) is 12.8 Å². The van der Waals surface area contributed by atoms with E-state index in [4.69, 9.17) is 17.3 Å². The van der Waals surface area contributed by atoms with Crippen LogP contribution in [0.3, 0.4) is 0 Å². The van der Waals surface area contributed by atoms with Crippen molar-refractivity contribution < 1.29 is 19.7 Å². The fourth-order valence-electron chi connectivity index (χ4n) is 2.17. The number of ether oxygens (including phenoxy) is 2. The Kier molecular flexibility index (Phi) is 2.15. The van der Waals surface area contributed by atoms with Crippen molar-refractivity contribution in [2.75, 3.05) is 19.8 Å². The van der Waals surface area contributed by atoms with E-state index in [0.29, 0.717) is 19.4 Å². The van der Waals surface area contributed by atoms with Crippen LogP contribution in [-0.4, -0.2) is 55.1 Å². The van der Waals surface area contributed by atoms with Crippen LogP contribution in [0.5, 0.6) is 0 Å². The molecule has 2 unspecified atom stereocenters. The van der Waals surface area contributed by atoms with Crippen molar-refractivity contribution in [3.63, 3.8) is 0 Å².